The Morgan fingerprint density at radius 2 is 1.33 bits per heavy atom. The molecule has 1 aliphatic carbocycles. The van der Waals surface area contributed by atoms with Crippen molar-refractivity contribution in [3.8, 4) is 0 Å². The van der Waals surface area contributed by atoms with Gasteiger partial charge < -0.3 is 4.74 Å². The van der Waals surface area contributed by atoms with E-state index >= 15 is 0 Å². The van der Waals surface area contributed by atoms with Crippen LogP contribution in [-0.2, 0) is 17.8 Å². The van der Waals surface area contributed by atoms with Crippen LogP contribution in [0.15, 0.2) is 60.7 Å². The number of hydrogen-bond acceptors (Lipinski definition) is 2. The summed E-state index contributed by atoms with van der Waals surface area (Å²) in [6.07, 6.45) is 9.16. The third-order valence-electron chi connectivity index (χ3n) is 5.72. The Morgan fingerprint density at radius 3 is 1.85 bits per heavy atom. The van der Waals surface area contributed by atoms with Crippen LogP contribution in [0.1, 0.15) is 63.0 Å². The van der Waals surface area contributed by atoms with Crippen LogP contribution in [0.25, 0.3) is 0 Å². The van der Waals surface area contributed by atoms with Crippen LogP contribution in [0.5, 0.6) is 0 Å². The minimum absolute atomic E-state index is 0.480. The molecule has 27 heavy (non-hydrogen) atoms. The minimum atomic E-state index is 0.480. The standard InChI is InChI=1S/C25H35NO/c1-2-3-10-19-27-25-17-15-24(16-18-25)26(20-22-11-6-4-7-12-22)21-23-13-8-5-9-14-23/h4-9,11-14,24-25H,2-3,10,15-21H2,1H3. The van der Waals surface area contributed by atoms with Gasteiger partial charge in [-0.1, -0.05) is 80.4 Å². The zero-order valence-electron chi connectivity index (χ0n) is 16.9. The third-order valence-corrected chi connectivity index (χ3v) is 5.72. The van der Waals surface area contributed by atoms with Gasteiger partial charge in [0.1, 0.15) is 0 Å². The fourth-order valence-electron chi connectivity index (χ4n) is 4.13. The summed E-state index contributed by atoms with van der Waals surface area (Å²) in [5, 5.41) is 0. The van der Waals surface area contributed by atoms with E-state index in [1.807, 2.05) is 0 Å². The van der Waals surface area contributed by atoms with Crippen molar-refractivity contribution in [2.45, 2.75) is 77.1 Å². The second-order valence-corrected chi connectivity index (χ2v) is 7.88. The highest BCUT2D eigenvalue weighted by molar-refractivity contribution is 5.17. The molecule has 0 radical (unpaired) electrons. The van der Waals surface area contributed by atoms with Crippen LogP contribution >= 0.6 is 0 Å². The van der Waals surface area contributed by atoms with Crippen molar-refractivity contribution in [2.75, 3.05) is 6.61 Å². The first-order valence-electron chi connectivity index (χ1n) is 10.8. The lowest BCUT2D eigenvalue weighted by molar-refractivity contribution is 0.00297. The van der Waals surface area contributed by atoms with E-state index in [9.17, 15) is 0 Å². The quantitative estimate of drug-likeness (QED) is 0.464. The van der Waals surface area contributed by atoms with Gasteiger partial charge in [0.05, 0.1) is 6.10 Å². The molecule has 0 unspecified atom stereocenters. The molecule has 2 nitrogen and oxygen atoms in total. The van der Waals surface area contributed by atoms with Gasteiger partial charge in [0.25, 0.3) is 0 Å². The average Bonchev–Trinajstić information content (AvgIpc) is 2.73. The first kappa shape index (κ1) is 20.1. The van der Waals surface area contributed by atoms with E-state index in [1.54, 1.807) is 0 Å². The second-order valence-electron chi connectivity index (χ2n) is 7.88. The molecule has 146 valence electrons. The zero-order valence-corrected chi connectivity index (χ0v) is 16.9. The summed E-state index contributed by atoms with van der Waals surface area (Å²) in [4.78, 5) is 2.68. The van der Waals surface area contributed by atoms with Crippen LogP contribution in [-0.4, -0.2) is 23.7 Å². The first-order chi connectivity index (χ1) is 13.3. The van der Waals surface area contributed by atoms with Crippen molar-refractivity contribution in [3.05, 3.63) is 71.8 Å². The molecule has 3 rings (SSSR count). The predicted molar refractivity (Wildman–Crippen MR) is 114 cm³/mol. The van der Waals surface area contributed by atoms with E-state index in [2.05, 4.69) is 72.5 Å². The van der Waals surface area contributed by atoms with Gasteiger partial charge in [-0.25, -0.2) is 0 Å². The third kappa shape index (κ3) is 6.79. The molecule has 0 N–H and O–H groups in total. The van der Waals surface area contributed by atoms with E-state index in [4.69, 9.17) is 4.74 Å². The second kappa shape index (κ2) is 11.3. The van der Waals surface area contributed by atoms with Crippen molar-refractivity contribution >= 4 is 0 Å². The highest BCUT2D eigenvalue weighted by Crippen LogP contribution is 2.28. The lowest BCUT2D eigenvalue weighted by atomic mass is 9.91. The van der Waals surface area contributed by atoms with E-state index in [-0.39, 0.29) is 0 Å². The van der Waals surface area contributed by atoms with E-state index in [1.165, 1.54) is 56.1 Å². The van der Waals surface area contributed by atoms with Crippen molar-refractivity contribution in [3.63, 3.8) is 0 Å². The van der Waals surface area contributed by atoms with Gasteiger partial charge in [0.2, 0.25) is 0 Å². The Kier molecular flexibility index (Phi) is 8.38. The fraction of sp³-hybridized carbons (Fsp3) is 0.520. The molecule has 0 saturated heterocycles. The maximum absolute atomic E-state index is 6.13. The zero-order chi connectivity index (χ0) is 18.7. The van der Waals surface area contributed by atoms with Gasteiger partial charge in [-0.3, -0.25) is 4.90 Å². The molecule has 0 spiro atoms. The molecular weight excluding hydrogens is 330 g/mol. The normalized spacial score (nSPS) is 20.1. The van der Waals surface area contributed by atoms with Crippen molar-refractivity contribution < 1.29 is 4.74 Å². The topological polar surface area (TPSA) is 12.5 Å². The molecule has 2 aromatic rings. The van der Waals surface area contributed by atoms with Crippen LogP contribution in [0.3, 0.4) is 0 Å². The smallest absolute Gasteiger partial charge is 0.0576 e. The molecular formula is C25H35NO. The number of benzene rings is 2. The lowest BCUT2D eigenvalue weighted by Crippen LogP contribution is -2.38. The Morgan fingerprint density at radius 1 is 0.778 bits per heavy atom. The molecule has 0 bridgehead atoms. The average molecular weight is 366 g/mol. The van der Waals surface area contributed by atoms with E-state index < -0.39 is 0 Å². The Bertz CT molecular complexity index is 578. The lowest BCUT2D eigenvalue weighted by Gasteiger charge is -2.37. The van der Waals surface area contributed by atoms with Crippen LogP contribution in [0, 0.1) is 0 Å². The number of ether oxygens (including phenoxy) is 1. The molecule has 0 aliphatic heterocycles. The molecule has 0 amide bonds. The van der Waals surface area contributed by atoms with Gasteiger partial charge in [-0.2, -0.15) is 0 Å². The summed E-state index contributed by atoms with van der Waals surface area (Å²) in [5.41, 5.74) is 2.82. The van der Waals surface area contributed by atoms with Gasteiger partial charge in [0.15, 0.2) is 0 Å². The summed E-state index contributed by atoms with van der Waals surface area (Å²) >= 11 is 0. The molecule has 0 heterocycles. The van der Waals surface area contributed by atoms with Crippen LogP contribution < -0.4 is 0 Å². The molecule has 1 aliphatic rings. The van der Waals surface area contributed by atoms with Gasteiger partial charge >= 0.3 is 0 Å². The summed E-state index contributed by atoms with van der Waals surface area (Å²) in [6, 6.07) is 22.5. The number of unbranched alkanes of at least 4 members (excludes halogenated alkanes) is 2. The maximum atomic E-state index is 6.13. The molecule has 2 aromatic carbocycles. The summed E-state index contributed by atoms with van der Waals surface area (Å²) in [7, 11) is 0. The predicted octanol–water partition coefficient (Wildman–Crippen LogP) is 6.21. The van der Waals surface area contributed by atoms with Crippen LogP contribution in [0.4, 0.5) is 0 Å². The van der Waals surface area contributed by atoms with E-state index in [0.29, 0.717) is 12.1 Å². The monoisotopic (exact) mass is 365 g/mol. The van der Waals surface area contributed by atoms with Crippen molar-refractivity contribution in [1.29, 1.82) is 0 Å². The Labute approximate surface area is 165 Å². The summed E-state index contributed by atoms with van der Waals surface area (Å²) < 4.78 is 6.13. The molecule has 1 saturated carbocycles. The van der Waals surface area contributed by atoms with E-state index in [0.717, 1.165) is 19.7 Å². The maximum Gasteiger partial charge on any atom is 0.0576 e. The number of nitrogens with zero attached hydrogens (tertiary/aromatic N) is 1. The first-order valence-corrected chi connectivity index (χ1v) is 10.8. The Balaban J connectivity index is 1.56. The minimum Gasteiger partial charge on any atom is -0.378 e. The van der Waals surface area contributed by atoms with Gasteiger partial charge in [-0.05, 0) is 43.2 Å². The number of rotatable bonds is 10. The SMILES string of the molecule is CCCCCOC1CCC(N(Cc2ccccc2)Cc2ccccc2)CC1. The van der Waals surface area contributed by atoms with Crippen LogP contribution in [0.2, 0.25) is 0 Å². The largest absolute Gasteiger partial charge is 0.378 e. The Hall–Kier alpha value is -1.64. The highest BCUT2D eigenvalue weighted by Gasteiger charge is 2.26. The molecule has 2 heteroatoms. The van der Waals surface area contributed by atoms with Crippen molar-refractivity contribution in [1.82, 2.24) is 4.90 Å². The summed E-state index contributed by atoms with van der Waals surface area (Å²) in [6.45, 7) is 5.25. The summed E-state index contributed by atoms with van der Waals surface area (Å²) in [5.74, 6) is 0. The van der Waals surface area contributed by atoms with Crippen molar-refractivity contribution in [2.24, 2.45) is 0 Å². The fourth-order valence-corrected chi connectivity index (χ4v) is 4.13. The van der Waals surface area contributed by atoms with Gasteiger partial charge in [0, 0.05) is 25.7 Å². The molecule has 0 aromatic heterocycles. The number of hydrogen-bond donors (Lipinski definition) is 0. The van der Waals surface area contributed by atoms with Gasteiger partial charge in [-0.15, -0.1) is 0 Å². The molecule has 1 fully saturated rings. The molecule has 0 atom stereocenters. The highest BCUT2D eigenvalue weighted by atomic mass is 16.5.